The number of ketones is 1. The minimum atomic E-state index is -0.628. The fourth-order valence-electron chi connectivity index (χ4n) is 1.33. The van der Waals surface area contributed by atoms with Gasteiger partial charge < -0.3 is 4.74 Å². The van der Waals surface area contributed by atoms with Gasteiger partial charge in [0, 0.05) is 6.42 Å². The molecule has 0 N–H and O–H groups in total. The Labute approximate surface area is 97.9 Å². The van der Waals surface area contributed by atoms with Crippen LogP contribution in [0.2, 0.25) is 0 Å². The van der Waals surface area contributed by atoms with Crippen molar-refractivity contribution >= 4 is 11.8 Å². The van der Waals surface area contributed by atoms with Crippen molar-refractivity contribution < 1.29 is 14.3 Å². The van der Waals surface area contributed by atoms with E-state index in [0.29, 0.717) is 18.4 Å². The predicted octanol–water partition coefficient (Wildman–Crippen LogP) is 3.03. The lowest BCUT2D eigenvalue weighted by Gasteiger charge is -2.16. The Morgan fingerprint density at radius 1 is 1.25 bits per heavy atom. The van der Waals surface area contributed by atoms with Gasteiger partial charge in [0.05, 0.1) is 0 Å². The molecular formula is C13H22O3. The summed E-state index contributed by atoms with van der Waals surface area (Å²) in [6.45, 7) is 9.19. The summed E-state index contributed by atoms with van der Waals surface area (Å²) in [7, 11) is 0. The van der Waals surface area contributed by atoms with Crippen LogP contribution < -0.4 is 0 Å². The zero-order valence-corrected chi connectivity index (χ0v) is 10.5. The fourth-order valence-corrected chi connectivity index (χ4v) is 1.33. The molecule has 0 fully saturated rings. The van der Waals surface area contributed by atoms with Crippen molar-refractivity contribution in [2.45, 2.75) is 59.0 Å². The Balaban J connectivity index is 4.36. The van der Waals surface area contributed by atoms with Crippen LogP contribution in [0.25, 0.3) is 0 Å². The predicted molar refractivity (Wildman–Crippen MR) is 64.1 cm³/mol. The molecule has 0 aromatic heterocycles. The summed E-state index contributed by atoms with van der Waals surface area (Å²) in [6.07, 6.45) is 2.93. The minimum absolute atomic E-state index is 0.155. The summed E-state index contributed by atoms with van der Waals surface area (Å²) in [5.41, 5.74) is 0.449. The molecule has 1 unspecified atom stereocenters. The highest BCUT2D eigenvalue weighted by Crippen LogP contribution is 2.11. The summed E-state index contributed by atoms with van der Waals surface area (Å²) in [5.74, 6) is -0.448. The zero-order chi connectivity index (χ0) is 12.6. The Morgan fingerprint density at radius 3 is 2.31 bits per heavy atom. The summed E-state index contributed by atoms with van der Waals surface area (Å²) >= 11 is 0. The van der Waals surface area contributed by atoms with Gasteiger partial charge in [-0.25, -0.2) is 0 Å². The van der Waals surface area contributed by atoms with E-state index >= 15 is 0 Å². The molecule has 0 aliphatic carbocycles. The second-order valence-electron chi connectivity index (χ2n) is 4.02. The molecule has 0 saturated heterocycles. The van der Waals surface area contributed by atoms with E-state index in [2.05, 4.69) is 6.58 Å². The molecule has 0 spiro atoms. The van der Waals surface area contributed by atoms with Crippen molar-refractivity contribution in [3.8, 4) is 0 Å². The third-order valence-corrected chi connectivity index (χ3v) is 2.26. The van der Waals surface area contributed by atoms with Crippen molar-refractivity contribution in [1.29, 1.82) is 0 Å². The summed E-state index contributed by atoms with van der Waals surface area (Å²) in [5, 5.41) is 0. The Kier molecular flexibility index (Phi) is 7.52. The largest absolute Gasteiger partial charge is 0.454 e. The van der Waals surface area contributed by atoms with Crippen LogP contribution in [-0.4, -0.2) is 17.9 Å². The number of esters is 1. The molecule has 0 saturated carbocycles. The second kappa shape index (κ2) is 8.08. The summed E-state index contributed by atoms with van der Waals surface area (Å²) in [6, 6.07) is 0. The van der Waals surface area contributed by atoms with Crippen molar-refractivity contribution in [2.24, 2.45) is 0 Å². The first-order valence-electron chi connectivity index (χ1n) is 5.92. The van der Waals surface area contributed by atoms with Crippen LogP contribution in [-0.2, 0) is 14.3 Å². The smallest absolute Gasteiger partial charge is 0.306 e. The standard InChI is InChI=1S/C13H22O3/c1-5-7-9-11(13(15)10(3)4)16-12(14)8-6-2/h11H,3,5-9H2,1-2,4H3. The van der Waals surface area contributed by atoms with Gasteiger partial charge in [0.15, 0.2) is 11.9 Å². The van der Waals surface area contributed by atoms with Crippen LogP contribution in [0.15, 0.2) is 12.2 Å². The highest BCUT2D eigenvalue weighted by molar-refractivity contribution is 5.98. The molecule has 0 rings (SSSR count). The number of rotatable bonds is 8. The maximum absolute atomic E-state index is 11.7. The van der Waals surface area contributed by atoms with Gasteiger partial charge >= 0.3 is 5.97 Å². The van der Waals surface area contributed by atoms with E-state index in [1.165, 1.54) is 0 Å². The number of hydrogen-bond donors (Lipinski definition) is 0. The highest BCUT2D eigenvalue weighted by atomic mass is 16.5. The molecule has 1 atom stereocenters. The average Bonchev–Trinajstić information content (AvgIpc) is 2.23. The van der Waals surface area contributed by atoms with Crippen LogP contribution in [0.1, 0.15) is 52.9 Å². The number of ether oxygens (including phenoxy) is 1. The fraction of sp³-hybridized carbons (Fsp3) is 0.692. The van der Waals surface area contributed by atoms with Gasteiger partial charge in [-0.2, -0.15) is 0 Å². The quantitative estimate of drug-likeness (QED) is 0.472. The maximum Gasteiger partial charge on any atom is 0.306 e. The first-order valence-corrected chi connectivity index (χ1v) is 5.92. The number of unbranched alkanes of at least 4 members (excludes halogenated alkanes) is 1. The second-order valence-corrected chi connectivity index (χ2v) is 4.02. The van der Waals surface area contributed by atoms with E-state index in [0.717, 1.165) is 19.3 Å². The molecule has 16 heavy (non-hydrogen) atoms. The molecule has 0 aliphatic rings. The average molecular weight is 226 g/mol. The highest BCUT2D eigenvalue weighted by Gasteiger charge is 2.22. The molecule has 3 nitrogen and oxygen atoms in total. The Morgan fingerprint density at radius 2 is 1.88 bits per heavy atom. The third-order valence-electron chi connectivity index (χ3n) is 2.26. The lowest BCUT2D eigenvalue weighted by Crippen LogP contribution is -2.27. The van der Waals surface area contributed by atoms with E-state index < -0.39 is 6.10 Å². The van der Waals surface area contributed by atoms with E-state index in [4.69, 9.17) is 4.74 Å². The zero-order valence-electron chi connectivity index (χ0n) is 10.5. The van der Waals surface area contributed by atoms with Crippen LogP contribution in [0.3, 0.4) is 0 Å². The van der Waals surface area contributed by atoms with Crippen LogP contribution in [0.4, 0.5) is 0 Å². The molecule has 0 aliphatic heterocycles. The van der Waals surface area contributed by atoms with Crippen molar-refractivity contribution in [3.05, 3.63) is 12.2 Å². The SMILES string of the molecule is C=C(C)C(=O)C(CCCC)OC(=O)CCC. The van der Waals surface area contributed by atoms with Crippen LogP contribution in [0.5, 0.6) is 0 Å². The molecule has 0 amide bonds. The lowest BCUT2D eigenvalue weighted by molar-refractivity contribution is -0.154. The van der Waals surface area contributed by atoms with E-state index in [1.54, 1.807) is 6.92 Å². The Bertz CT molecular complexity index is 256. The van der Waals surface area contributed by atoms with Crippen molar-refractivity contribution in [3.63, 3.8) is 0 Å². The van der Waals surface area contributed by atoms with Gasteiger partial charge in [0.2, 0.25) is 0 Å². The molecule has 0 bridgehead atoms. The molecule has 0 radical (unpaired) electrons. The van der Waals surface area contributed by atoms with Gasteiger partial charge in [0.1, 0.15) is 0 Å². The molecule has 0 aromatic rings. The summed E-state index contributed by atoms with van der Waals surface area (Å²) < 4.78 is 5.17. The van der Waals surface area contributed by atoms with Gasteiger partial charge in [0.25, 0.3) is 0 Å². The minimum Gasteiger partial charge on any atom is -0.454 e. The normalized spacial score (nSPS) is 11.9. The molecule has 0 heterocycles. The number of carbonyl (C=O) groups is 2. The summed E-state index contributed by atoms with van der Waals surface area (Å²) in [4.78, 5) is 23.1. The third kappa shape index (κ3) is 5.69. The van der Waals surface area contributed by atoms with Crippen molar-refractivity contribution in [2.75, 3.05) is 0 Å². The first kappa shape index (κ1) is 14.9. The van der Waals surface area contributed by atoms with Gasteiger partial charge in [-0.1, -0.05) is 26.8 Å². The monoisotopic (exact) mass is 226 g/mol. The van der Waals surface area contributed by atoms with E-state index in [9.17, 15) is 9.59 Å². The van der Waals surface area contributed by atoms with E-state index in [-0.39, 0.29) is 11.8 Å². The lowest BCUT2D eigenvalue weighted by atomic mass is 10.0. The molecule has 92 valence electrons. The Hall–Kier alpha value is -1.12. The van der Waals surface area contributed by atoms with Gasteiger partial charge in [-0.15, -0.1) is 0 Å². The van der Waals surface area contributed by atoms with E-state index in [1.807, 2.05) is 13.8 Å². The molecular weight excluding hydrogens is 204 g/mol. The van der Waals surface area contributed by atoms with Crippen LogP contribution in [0, 0.1) is 0 Å². The van der Waals surface area contributed by atoms with Crippen LogP contribution >= 0.6 is 0 Å². The first-order chi connectivity index (χ1) is 7.52. The van der Waals surface area contributed by atoms with Gasteiger partial charge in [-0.05, 0) is 31.8 Å². The van der Waals surface area contributed by atoms with Crippen molar-refractivity contribution in [1.82, 2.24) is 0 Å². The topological polar surface area (TPSA) is 43.4 Å². The maximum atomic E-state index is 11.7. The number of hydrogen-bond acceptors (Lipinski definition) is 3. The molecule has 3 heteroatoms. The molecule has 0 aromatic carbocycles. The number of Topliss-reactive ketones (excluding diaryl/α,β-unsaturated/α-hetero) is 1. The number of carbonyl (C=O) groups excluding carboxylic acids is 2. The van der Waals surface area contributed by atoms with Gasteiger partial charge in [-0.3, -0.25) is 9.59 Å².